The molecule has 0 nitrogen and oxygen atoms in total. The van der Waals surface area contributed by atoms with Gasteiger partial charge in [-0.2, -0.15) is 0 Å². The van der Waals surface area contributed by atoms with Gasteiger partial charge in [0.2, 0.25) is 0 Å². The van der Waals surface area contributed by atoms with Gasteiger partial charge < -0.3 is 2.85 Å². The molecule has 0 aromatic rings. The second-order valence-electron chi connectivity index (χ2n) is 4.62. The van der Waals surface area contributed by atoms with Crippen molar-refractivity contribution in [2.75, 3.05) is 0 Å². The van der Waals surface area contributed by atoms with Crippen LogP contribution in [0, 0.1) is 10.4 Å². The van der Waals surface area contributed by atoms with Crippen LogP contribution in [0.1, 0.15) is 44.4 Å². The summed E-state index contributed by atoms with van der Waals surface area (Å²) in [5, 5.41) is 0. The van der Waals surface area contributed by atoms with Crippen LogP contribution in [0.25, 0.3) is 0 Å². The zero-order valence-electron chi connectivity index (χ0n) is 12.3. The zero-order valence-corrected chi connectivity index (χ0v) is 14.3. The first kappa shape index (κ1) is 17.4. The van der Waals surface area contributed by atoms with Gasteiger partial charge in [0.25, 0.3) is 0 Å². The molecule has 3 heteroatoms. The second kappa shape index (κ2) is 7.32. The van der Waals surface area contributed by atoms with Gasteiger partial charge in [0.15, 0.2) is 0 Å². The van der Waals surface area contributed by atoms with E-state index in [1.165, 1.54) is 0 Å². The van der Waals surface area contributed by atoms with Gasteiger partial charge in [-0.3, -0.25) is 0 Å². The summed E-state index contributed by atoms with van der Waals surface area (Å²) in [5.74, 6) is 0. The van der Waals surface area contributed by atoms with Crippen LogP contribution in [0.2, 0.25) is 16.6 Å². The molecule has 0 spiro atoms. The van der Waals surface area contributed by atoms with Gasteiger partial charge in [-0.05, 0) is 21.5 Å². The van der Waals surface area contributed by atoms with Gasteiger partial charge >= 0.3 is 23.1 Å². The maximum Gasteiger partial charge on any atom is 2.00 e. The normalized spacial score (nSPS) is 11.3. The van der Waals surface area contributed by atoms with Crippen molar-refractivity contribution in [3.8, 4) is 10.4 Å². The van der Waals surface area contributed by atoms with E-state index in [-0.39, 0.29) is 25.9 Å². The molecule has 0 saturated carbocycles. The second-order valence-corrected chi connectivity index (χ2v) is 10.6. The third-order valence-corrected chi connectivity index (χ3v) is 9.98. The standard InChI is InChI=1S/C11H21BrSi.Mg.2H/c1-9(2)13(8-7-12,10(3)4)11(5)6;;;/h9-11H,1-6H3;;;/q;+2;2*-1. The molecule has 0 aliphatic carbocycles. The van der Waals surface area contributed by atoms with Crippen LogP contribution in [-0.2, 0) is 0 Å². The van der Waals surface area contributed by atoms with Crippen molar-refractivity contribution in [1.82, 2.24) is 0 Å². The predicted molar refractivity (Wildman–Crippen MR) is 75.7 cm³/mol. The minimum atomic E-state index is -1.44. The van der Waals surface area contributed by atoms with E-state index in [4.69, 9.17) is 0 Å². The summed E-state index contributed by atoms with van der Waals surface area (Å²) < 4.78 is 0. The molecule has 0 aliphatic heterocycles. The van der Waals surface area contributed by atoms with Crippen molar-refractivity contribution in [2.45, 2.75) is 58.2 Å². The van der Waals surface area contributed by atoms with Crippen molar-refractivity contribution >= 4 is 47.1 Å². The number of rotatable bonds is 3. The number of halogens is 1. The molecule has 0 saturated heterocycles. The predicted octanol–water partition coefficient (Wildman–Crippen LogP) is 4.40. The van der Waals surface area contributed by atoms with Crippen LogP contribution in [0.4, 0.5) is 0 Å². The molecule has 80 valence electrons. The summed E-state index contributed by atoms with van der Waals surface area (Å²) in [6, 6.07) is 0. The van der Waals surface area contributed by atoms with E-state index in [1.807, 2.05) is 0 Å². The third kappa shape index (κ3) is 3.55. The molecule has 0 heterocycles. The summed E-state index contributed by atoms with van der Waals surface area (Å²) >= 11 is 3.26. The number of hydrogen-bond acceptors (Lipinski definition) is 0. The fourth-order valence-corrected chi connectivity index (χ4v) is 8.57. The molecule has 0 unspecified atom stereocenters. The van der Waals surface area contributed by atoms with E-state index in [1.54, 1.807) is 0 Å². The topological polar surface area (TPSA) is 0 Å². The molecule has 0 aromatic carbocycles. The van der Waals surface area contributed by atoms with Crippen LogP contribution in [0.15, 0.2) is 0 Å². The summed E-state index contributed by atoms with van der Waals surface area (Å²) in [6.07, 6.45) is 0. The Kier molecular flexibility index (Phi) is 9.11. The summed E-state index contributed by atoms with van der Waals surface area (Å²) in [4.78, 5) is 2.98. The van der Waals surface area contributed by atoms with E-state index < -0.39 is 8.07 Å². The molecule has 0 radical (unpaired) electrons. The van der Waals surface area contributed by atoms with Crippen molar-refractivity contribution in [3.05, 3.63) is 0 Å². The maximum absolute atomic E-state index is 3.50. The quantitative estimate of drug-likeness (QED) is 0.533. The zero-order chi connectivity index (χ0) is 10.6. The Morgan fingerprint density at radius 1 is 0.929 bits per heavy atom. The number of hydrogen-bond donors (Lipinski definition) is 0. The maximum atomic E-state index is 3.50. The molecular formula is C11H23BrMgSi. The van der Waals surface area contributed by atoms with Crippen LogP contribution in [0.5, 0.6) is 0 Å². The molecule has 0 aliphatic rings. The molecule has 0 amide bonds. The Balaban J connectivity index is -0.000000240. The summed E-state index contributed by atoms with van der Waals surface area (Å²) in [7, 11) is -1.44. The fraction of sp³-hybridized carbons (Fsp3) is 0.818. The first-order valence-electron chi connectivity index (χ1n) is 5.02. The fourth-order valence-electron chi connectivity index (χ4n) is 2.51. The SMILES string of the molecule is CC(C)[Si](C#CBr)(C(C)C)C(C)C.[H-].[H-].[Mg+2]. The molecule has 0 atom stereocenters. The Morgan fingerprint density at radius 2 is 1.21 bits per heavy atom. The van der Waals surface area contributed by atoms with Gasteiger partial charge in [-0.15, -0.1) is 5.54 Å². The van der Waals surface area contributed by atoms with Gasteiger partial charge in [0.1, 0.15) is 8.07 Å². The van der Waals surface area contributed by atoms with Crippen LogP contribution in [0.3, 0.4) is 0 Å². The minimum absolute atomic E-state index is 0. The minimum Gasteiger partial charge on any atom is -1.00 e. The van der Waals surface area contributed by atoms with E-state index in [9.17, 15) is 0 Å². The van der Waals surface area contributed by atoms with E-state index in [0.29, 0.717) is 0 Å². The Morgan fingerprint density at radius 3 is 1.29 bits per heavy atom. The first-order valence-corrected chi connectivity index (χ1v) is 8.04. The molecule has 0 rings (SSSR count). The summed E-state index contributed by atoms with van der Waals surface area (Å²) in [6.45, 7) is 13.9. The van der Waals surface area contributed by atoms with Crippen LogP contribution in [-0.4, -0.2) is 31.1 Å². The largest absolute Gasteiger partial charge is 2.00 e. The van der Waals surface area contributed by atoms with Crippen molar-refractivity contribution in [2.24, 2.45) is 0 Å². The monoisotopic (exact) mass is 286 g/mol. The van der Waals surface area contributed by atoms with E-state index in [2.05, 4.69) is 67.8 Å². The van der Waals surface area contributed by atoms with Crippen molar-refractivity contribution in [1.29, 1.82) is 0 Å². The molecule has 14 heavy (non-hydrogen) atoms. The third-order valence-electron chi connectivity index (χ3n) is 3.13. The molecule has 0 N–H and O–H groups in total. The van der Waals surface area contributed by atoms with Crippen molar-refractivity contribution < 1.29 is 2.85 Å². The van der Waals surface area contributed by atoms with Crippen LogP contribution < -0.4 is 0 Å². The Labute approximate surface area is 118 Å². The molecular weight excluding hydrogens is 264 g/mol. The van der Waals surface area contributed by atoms with Gasteiger partial charge in [-0.25, -0.2) is 0 Å². The molecule has 0 bridgehead atoms. The summed E-state index contributed by atoms with van der Waals surface area (Å²) in [5.41, 5.74) is 5.70. The molecule has 0 aromatic heterocycles. The van der Waals surface area contributed by atoms with Crippen molar-refractivity contribution in [3.63, 3.8) is 0 Å². The average molecular weight is 288 g/mol. The van der Waals surface area contributed by atoms with Gasteiger partial charge in [-0.1, -0.05) is 41.5 Å². The smallest absolute Gasteiger partial charge is 1.00 e. The van der Waals surface area contributed by atoms with Gasteiger partial charge in [0.05, 0.1) is 0 Å². The van der Waals surface area contributed by atoms with E-state index in [0.717, 1.165) is 16.6 Å². The van der Waals surface area contributed by atoms with Crippen LogP contribution >= 0.6 is 15.9 Å². The average Bonchev–Trinajstić information content (AvgIpc) is 1.97. The Bertz CT molecular complexity index is 200. The van der Waals surface area contributed by atoms with E-state index >= 15 is 0 Å². The Hall–Kier alpha value is 1.02. The van der Waals surface area contributed by atoms with Gasteiger partial charge in [0, 0.05) is 15.9 Å². The first-order chi connectivity index (χ1) is 5.89. The molecule has 0 fully saturated rings.